The van der Waals surface area contributed by atoms with E-state index in [2.05, 4.69) is 4.74 Å². The second-order valence-corrected chi connectivity index (χ2v) is 3.62. The molecule has 0 spiro atoms. The van der Waals surface area contributed by atoms with Crippen LogP contribution in [0.2, 0.25) is 0 Å². The first-order chi connectivity index (χ1) is 9.25. The molecule has 0 saturated carbocycles. The third kappa shape index (κ3) is 4.08. The summed E-state index contributed by atoms with van der Waals surface area (Å²) in [4.78, 5) is 20.6. The summed E-state index contributed by atoms with van der Waals surface area (Å²) in [6.45, 7) is 1.74. The lowest BCUT2D eigenvalue weighted by Crippen LogP contribution is -2.08. The summed E-state index contributed by atoms with van der Waals surface area (Å²) in [7, 11) is 0. The Hall–Kier alpha value is -2.38. The molecule has 0 aliphatic rings. The number of benzene rings is 1. The molecule has 0 N–H and O–H groups in total. The van der Waals surface area contributed by atoms with Gasteiger partial charge < -0.3 is 4.74 Å². The summed E-state index contributed by atoms with van der Waals surface area (Å²) in [5.74, 6) is -0.685. The lowest BCUT2D eigenvalue weighted by Gasteiger charge is -2.07. The van der Waals surface area contributed by atoms with Crippen LogP contribution in [0, 0.1) is 10.1 Å². The van der Waals surface area contributed by atoms with Crippen LogP contribution in [0.25, 0.3) is 6.08 Å². The Morgan fingerprint density at radius 2 is 2.10 bits per heavy atom. The molecule has 1 aromatic carbocycles. The van der Waals surface area contributed by atoms with Gasteiger partial charge in [-0.1, -0.05) is 6.07 Å². The molecule has 108 valence electrons. The van der Waals surface area contributed by atoms with Crippen molar-refractivity contribution in [2.75, 3.05) is 6.61 Å². The van der Waals surface area contributed by atoms with Crippen molar-refractivity contribution in [2.45, 2.75) is 13.1 Å². The fourth-order valence-corrected chi connectivity index (χ4v) is 1.40. The van der Waals surface area contributed by atoms with Crippen molar-refractivity contribution in [3.8, 4) is 0 Å². The number of alkyl halides is 3. The Morgan fingerprint density at radius 1 is 1.45 bits per heavy atom. The van der Waals surface area contributed by atoms with Crippen LogP contribution >= 0.6 is 0 Å². The number of nitro groups is 1. The Balaban J connectivity index is 3.12. The highest BCUT2D eigenvalue weighted by Gasteiger charge is 2.38. The second-order valence-electron chi connectivity index (χ2n) is 3.62. The number of ether oxygens (including phenoxy) is 1. The minimum absolute atomic E-state index is 0.0951. The zero-order valence-corrected chi connectivity index (χ0v) is 10.3. The highest BCUT2D eigenvalue weighted by atomic mass is 19.4. The van der Waals surface area contributed by atoms with E-state index >= 15 is 0 Å². The molecule has 1 aromatic rings. The van der Waals surface area contributed by atoms with Gasteiger partial charge in [-0.25, -0.2) is 4.79 Å². The van der Waals surface area contributed by atoms with Gasteiger partial charge in [-0.3, -0.25) is 10.1 Å². The number of carbonyl (C=O) groups is 1. The third-order valence-electron chi connectivity index (χ3n) is 2.22. The van der Waals surface area contributed by atoms with Crippen LogP contribution in [0.3, 0.4) is 0 Å². The van der Waals surface area contributed by atoms with E-state index in [4.69, 9.17) is 0 Å². The Kier molecular flexibility index (Phi) is 4.84. The number of hydrogen-bond acceptors (Lipinski definition) is 4. The van der Waals surface area contributed by atoms with Crippen LogP contribution in [-0.4, -0.2) is 17.5 Å². The van der Waals surface area contributed by atoms with Crippen molar-refractivity contribution < 1.29 is 27.6 Å². The van der Waals surface area contributed by atoms with Gasteiger partial charge in [-0.15, -0.1) is 0 Å². The molecule has 0 heterocycles. The van der Waals surface area contributed by atoms with E-state index in [1.165, 1.54) is 0 Å². The van der Waals surface area contributed by atoms with E-state index in [0.29, 0.717) is 6.07 Å². The number of nitro benzene ring substituents is 1. The summed E-state index contributed by atoms with van der Waals surface area (Å²) in [5.41, 5.74) is -2.31. The first kappa shape index (κ1) is 15.7. The maximum absolute atomic E-state index is 12.6. The number of halogens is 3. The lowest BCUT2D eigenvalue weighted by atomic mass is 10.1. The van der Waals surface area contributed by atoms with Crippen molar-refractivity contribution in [2.24, 2.45) is 0 Å². The second kappa shape index (κ2) is 6.18. The van der Waals surface area contributed by atoms with Gasteiger partial charge in [0.1, 0.15) is 5.56 Å². The highest BCUT2D eigenvalue weighted by molar-refractivity contribution is 5.87. The van der Waals surface area contributed by atoms with Gasteiger partial charge in [0.2, 0.25) is 0 Å². The molecule has 0 fully saturated rings. The van der Waals surface area contributed by atoms with Gasteiger partial charge in [0.25, 0.3) is 5.69 Å². The largest absolute Gasteiger partial charge is 0.463 e. The van der Waals surface area contributed by atoms with E-state index in [-0.39, 0.29) is 12.2 Å². The van der Waals surface area contributed by atoms with Gasteiger partial charge in [0.15, 0.2) is 0 Å². The summed E-state index contributed by atoms with van der Waals surface area (Å²) in [6, 6.07) is 2.38. The van der Waals surface area contributed by atoms with Crippen molar-refractivity contribution in [1.29, 1.82) is 0 Å². The fourth-order valence-electron chi connectivity index (χ4n) is 1.40. The minimum Gasteiger partial charge on any atom is -0.463 e. The topological polar surface area (TPSA) is 69.4 Å². The van der Waals surface area contributed by atoms with E-state index in [1.54, 1.807) is 6.92 Å². The fraction of sp³-hybridized carbons (Fsp3) is 0.250. The standard InChI is InChI=1S/C12H10F3NO4/c1-2-20-11(17)6-4-8-3-5-9(12(13,14)15)10(7-8)16(18)19/h3-7H,2H2,1H3. The van der Waals surface area contributed by atoms with Crippen molar-refractivity contribution in [1.82, 2.24) is 0 Å². The quantitative estimate of drug-likeness (QED) is 0.369. The predicted octanol–water partition coefficient (Wildman–Crippen LogP) is 3.19. The molecule has 0 bridgehead atoms. The zero-order chi connectivity index (χ0) is 15.3. The zero-order valence-electron chi connectivity index (χ0n) is 10.3. The normalized spacial score (nSPS) is 11.6. The van der Waals surface area contributed by atoms with Crippen LogP contribution in [0.5, 0.6) is 0 Å². The van der Waals surface area contributed by atoms with E-state index in [1.807, 2.05) is 0 Å². The third-order valence-corrected chi connectivity index (χ3v) is 2.22. The molecule has 0 aliphatic carbocycles. The molecule has 0 unspecified atom stereocenters. The van der Waals surface area contributed by atoms with Crippen LogP contribution in [-0.2, 0) is 15.7 Å². The predicted molar refractivity (Wildman–Crippen MR) is 63.8 cm³/mol. The molecule has 0 aromatic heterocycles. The number of carbonyl (C=O) groups excluding carboxylic acids is 1. The van der Waals surface area contributed by atoms with Crippen molar-refractivity contribution in [3.63, 3.8) is 0 Å². The van der Waals surface area contributed by atoms with Crippen LogP contribution < -0.4 is 0 Å². The van der Waals surface area contributed by atoms with Crippen LogP contribution in [0.15, 0.2) is 24.3 Å². The van der Waals surface area contributed by atoms with Crippen LogP contribution in [0.1, 0.15) is 18.1 Å². The summed E-state index contributed by atoms with van der Waals surface area (Å²) in [6.07, 6.45) is -2.69. The first-order valence-electron chi connectivity index (χ1n) is 5.46. The van der Waals surface area contributed by atoms with Crippen LogP contribution in [0.4, 0.5) is 18.9 Å². The van der Waals surface area contributed by atoms with E-state index in [0.717, 1.165) is 24.3 Å². The molecular weight excluding hydrogens is 279 g/mol. The maximum Gasteiger partial charge on any atom is 0.422 e. The SMILES string of the molecule is CCOC(=O)C=Cc1ccc(C(F)(F)F)c([N+](=O)[O-])c1. The number of nitrogens with zero attached hydrogens (tertiary/aromatic N) is 1. The van der Waals surface area contributed by atoms with E-state index < -0.39 is 28.3 Å². The Labute approximate surface area is 111 Å². The monoisotopic (exact) mass is 289 g/mol. The lowest BCUT2D eigenvalue weighted by molar-refractivity contribution is -0.388. The molecule has 0 amide bonds. The van der Waals surface area contributed by atoms with Crippen molar-refractivity contribution in [3.05, 3.63) is 45.5 Å². The number of esters is 1. The average molecular weight is 289 g/mol. The first-order valence-corrected chi connectivity index (χ1v) is 5.46. The van der Waals surface area contributed by atoms with Crippen molar-refractivity contribution >= 4 is 17.7 Å². The Morgan fingerprint density at radius 3 is 2.60 bits per heavy atom. The molecule has 1 rings (SSSR count). The van der Waals surface area contributed by atoms with Gasteiger partial charge in [0.05, 0.1) is 11.5 Å². The van der Waals surface area contributed by atoms with Gasteiger partial charge >= 0.3 is 12.1 Å². The molecule has 0 saturated heterocycles. The highest BCUT2D eigenvalue weighted by Crippen LogP contribution is 2.36. The molecule has 20 heavy (non-hydrogen) atoms. The molecule has 0 atom stereocenters. The smallest absolute Gasteiger partial charge is 0.422 e. The molecule has 5 nitrogen and oxygen atoms in total. The summed E-state index contributed by atoms with van der Waals surface area (Å²) in [5, 5.41) is 10.7. The molecule has 0 aliphatic heterocycles. The average Bonchev–Trinajstić information content (AvgIpc) is 2.35. The summed E-state index contributed by atoms with van der Waals surface area (Å²) < 4.78 is 42.3. The Bertz CT molecular complexity index is 552. The summed E-state index contributed by atoms with van der Waals surface area (Å²) >= 11 is 0. The number of hydrogen-bond donors (Lipinski definition) is 0. The van der Waals surface area contributed by atoms with Gasteiger partial charge in [-0.05, 0) is 24.6 Å². The molecule has 8 heteroatoms. The maximum atomic E-state index is 12.6. The van der Waals surface area contributed by atoms with E-state index in [9.17, 15) is 28.1 Å². The van der Waals surface area contributed by atoms with Gasteiger partial charge in [-0.2, -0.15) is 13.2 Å². The number of rotatable bonds is 4. The molecular formula is C12H10F3NO4. The molecule has 0 radical (unpaired) electrons. The minimum atomic E-state index is -4.81. The van der Waals surface area contributed by atoms with Gasteiger partial charge in [0, 0.05) is 12.1 Å².